The normalized spacial score (nSPS) is 38.3. The fourth-order valence-corrected chi connectivity index (χ4v) is 29.0. The van der Waals surface area contributed by atoms with Gasteiger partial charge in [-0.2, -0.15) is 0 Å². The maximum atomic E-state index is 11.4. The molecule has 12 aliphatic carbocycles. The number of carboxylic acid groups (broad SMARTS) is 2. The van der Waals surface area contributed by atoms with Crippen LogP contribution in [-0.4, -0.2) is 202 Å². The van der Waals surface area contributed by atoms with Crippen molar-refractivity contribution in [3.8, 4) is 0 Å². The Morgan fingerprint density at radius 3 is 0.865 bits per heavy atom. The zero-order valence-corrected chi connectivity index (χ0v) is 85.8. The quantitative estimate of drug-likeness (QED) is 0.0111. The number of esters is 2. The molecule has 29 heteroatoms. The van der Waals surface area contributed by atoms with Gasteiger partial charge in [0, 0.05) is 72.5 Å². The van der Waals surface area contributed by atoms with Crippen LogP contribution < -0.4 is 51.2 Å². The van der Waals surface area contributed by atoms with Crippen LogP contribution >= 0.6 is 0 Å². The number of methoxy groups -OCH3 is 2. The van der Waals surface area contributed by atoms with Crippen molar-refractivity contribution in [2.75, 3.05) is 86.5 Å². The number of fused-ring (bicyclic) bond motifs is 12. The van der Waals surface area contributed by atoms with E-state index in [-0.39, 0.29) is 136 Å². The van der Waals surface area contributed by atoms with Gasteiger partial charge in [-0.25, -0.2) is 19.4 Å². The molecule has 16 aliphatic rings. The second-order valence-corrected chi connectivity index (χ2v) is 44.0. The van der Waals surface area contributed by atoms with Crippen LogP contribution in [0.25, 0.3) is 0 Å². The van der Waals surface area contributed by atoms with Crippen LogP contribution in [0.1, 0.15) is 307 Å². The molecule has 3 radical (unpaired) electrons. The number of hydrogen-bond acceptors (Lipinski definition) is 25. The molecule has 4 saturated heterocycles. The number of ether oxygens (including phenoxy) is 10. The van der Waals surface area contributed by atoms with Crippen molar-refractivity contribution < 1.29 is 140 Å². The monoisotopic (exact) mass is 1880 g/mol. The molecule has 27 nitrogen and oxygen atoms in total. The number of aldehydes is 1. The SMILES string of the molecule is C=C1CCC2[C@]3(C)CO[C@@H](C4CCCC4)O[C@@H]3CC[C@@]2(C)[C@@H]1CC=O.C=C1CCC2[C@]3(C)CO[C@@H](C4CCCC4)O[C@@H]3CC[C@@]2(C)[C@@H]1CCNCC(=O)O.C=C1CCC2[C@]3(C)CO[C@@H](C4CCCC4)O[C@@H]3CC[C@@]2(C)[C@@H]1CCNCC(=O)O.C=C1CCC2[C@]3(C)CO[C@@H](C4CCCC4)O[C@@H]3CC[C@@]2(C)[C@@H]1CCNCC(=O)OC.CC(=O)OOC(C)=O.COC(=O)CN.[B-]OC(C)=O.[Na+]. The molecular formula is C104H169BN4NaO23. The Bertz CT molecular complexity index is 3730. The molecule has 16 fully saturated rings. The van der Waals surface area contributed by atoms with E-state index in [0.717, 1.165) is 156 Å². The van der Waals surface area contributed by atoms with E-state index in [2.05, 4.69) is 125 Å². The zero-order valence-electron chi connectivity index (χ0n) is 83.8. The number of nitrogens with two attached hydrogens (primary N) is 1. The molecule has 0 aromatic heterocycles. The van der Waals surface area contributed by atoms with Gasteiger partial charge in [0.25, 0.3) is 0 Å². The minimum absolute atomic E-state index is 0. The van der Waals surface area contributed by atoms with Gasteiger partial charge in [-0.1, -0.05) is 155 Å². The van der Waals surface area contributed by atoms with E-state index in [9.17, 15) is 38.4 Å². The number of allylic oxidation sites excluding steroid dienone is 4. The number of carbonyl (C=O) groups is 8. The summed E-state index contributed by atoms with van der Waals surface area (Å²) in [5.41, 5.74) is 11.2. The van der Waals surface area contributed by atoms with E-state index in [1.807, 2.05) is 0 Å². The first-order valence-electron chi connectivity index (χ1n) is 50.6. The Morgan fingerprint density at radius 2 is 0.647 bits per heavy atom. The van der Waals surface area contributed by atoms with Gasteiger partial charge in [-0.15, -0.1) is 0 Å². The Morgan fingerprint density at radius 1 is 0.398 bits per heavy atom. The Labute approximate surface area is 818 Å². The van der Waals surface area contributed by atoms with Crippen LogP contribution in [0.2, 0.25) is 0 Å². The third-order valence-corrected chi connectivity index (χ3v) is 35.9. The van der Waals surface area contributed by atoms with Crippen LogP contribution in [0.3, 0.4) is 0 Å². The van der Waals surface area contributed by atoms with Crippen molar-refractivity contribution in [1.29, 1.82) is 0 Å². The molecule has 0 aromatic carbocycles. The number of carboxylic acids is 2. The fraction of sp³-hybridized carbons (Fsp3) is 0.846. The summed E-state index contributed by atoms with van der Waals surface area (Å²) in [6.07, 6.45) is 44.6. The molecular weight excluding hydrogens is 1710 g/mol. The second kappa shape index (κ2) is 50.8. The summed E-state index contributed by atoms with van der Waals surface area (Å²) < 4.78 is 64.5. The molecule has 747 valence electrons. The predicted octanol–water partition coefficient (Wildman–Crippen LogP) is 13.9. The third-order valence-electron chi connectivity index (χ3n) is 35.9. The predicted molar refractivity (Wildman–Crippen MR) is 502 cm³/mol. The van der Waals surface area contributed by atoms with Gasteiger partial charge in [0.1, 0.15) is 6.29 Å². The van der Waals surface area contributed by atoms with Crippen molar-refractivity contribution in [2.45, 2.75) is 357 Å². The summed E-state index contributed by atoms with van der Waals surface area (Å²) in [4.78, 5) is 91.0. The Kier molecular flexibility index (Phi) is 42.8. The van der Waals surface area contributed by atoms with E-state index < -0.39 is 29.8 Å². The van der Waals surface area contributed by atoms with Crippen molar-refractivity contribution in [1.82, 2.24) is 16.0 Å². The standard InChI is InChI=1S/C25H41NO4.2C24H39NO4.C22H34O3.C4H6O4.C3H7NO2.C2H3BO2.Na/c1-17-9-10-20-24(2,19(17)12-14-26-15-22(27)28-4)13-11-21-25(20,3)16-29-23(30-21)18-7-5-6-8-18;2*1-16-8-9-19-23(2,18(16)11-13-25-14-21(26)27)12-10-20-24(19,3)15-28-22(29-20)17-6-4-5-7-17;1-15-8-9-18-21(2,17(15)11-13-23)12-10-19-22(18,3)14-24-20(25-19)16-6-4-5-7-16;1-3(5)7-8-4(2)6;1-6-3(5)2-4;1-2(4)5-3;/h18-21,23,26H,1,5-16H2,2-4H3;2*17-20,22,25H,1,4-15H2,2-3H3,(H,26,27);13,16-20H,1,4-12,14H2,2-3H3;1-2H3;2,4H2,1H3;1H3;/q;;;;;;-1;+1/t19-,20?,21-,23-,24+,25+;2*18-,19?,20-,22-,23+,24+;17-,18?,19-,20-,21+,22+;;;;/m1111..../s1. The number of aliphatic carboxylic acids is 2. The van der Waals surface area contributed by atoms with Gasteiger partial charge >= 0.3 is 65.4 Å². The number of carbonyl (C=O) groups excluding carboxylic acids is 6. The molecule has 4 heterocycles. The molecule has 16 rings (SSSR count). The molecule has 4 aliphatic heterocycles. The smallest absolute Gasteiger partial charge is 0.793 e. The maximum absolute atomic E-state index is 11.4. The average Bonchev–Trinajstić information content (AvgIpc) is 1.42. The van der Waals surface area contributed by atoms with Crippen molar-refractivity contribution in [3.05, 3.63) is 48.6 Å². The first kappa shape index (κ1) is 112. The summed E-state index contributed by atoms with van der Waals surface area (Å²) in [7, 11) is 7.06. The van der Waals surface area contributed by atoms with Gasteiger partial charge in [-0.05, 0) is 262 Å². The third kappa shape index (κ3) is 27.0. The molecule has 24 atom stereocenters. The second-order valence-electron chi connectivity index (χ2n) is 44.0. The van der Waals surface area contributed by atoms with Crippen LogP contribution in [0.5, 0.6) is 0 Å². The van der Waals surface area contributed by atoms with Crippen molar-refractivity contribution in [3.63, 3.8) is 0 Å². The van der Waals surface area contributed by atoms with E-state index in [4.69, 9.17) is 58.6 Å². The van der Waals surface area contributed by atoms with Crippen LogP contribution in [0, 0.1) is 114 Å². The molecule has 0 bridgehead atoms. The van der Waals surface area contributed by atoms with Gasteiger partial charge in [-0.3, -0.25) is 24.0 Å². The summed E-state index contributed by atoms with van der Waals surface area (Å²) in [6.45, 7) is 46.4. The van der Waals surface area contributed by atoms with Crippen LogP contribution in [-0.2, 0) is 100 Å². The van der Waals surface area contributed by atoms with Crippen molar-refractivity contribution in [2.24, 2.45) is 120 Å². The summed E-state index contributed by atoms with van der Waals surface area (Å²) >= 11 is 0. The topological polar surface area (TPSA) is 359 Å². The zero-order chi connectivity index (χ0) is 96.2. The van der Waals surface area contributed by atoms with Gasteiger partial charge in [0.15, 0.2) is 25.2 Å². The van der Waals surface area contributed by atoms with Gasteiger partial charge in [0.05, 0.1) is 91.2 Å². The Hall–Kier alpha value is -4.50. The van der Waals surface area contributed by atoms with E-state index in [1.54, 1.807) is 0 Å². The van der Waals surface area contributed by atoms with E-state index in [1.165, 1.54) is 178 Å². The minimum Gasteiger partial charge on any atom is -0.793 e. The van der Waals surface area contributed by atoms with Crippen LogP contribution in [0.15, 0.2) is 48.6 Å². The number of hydrogen-bond donors (Lipinski definition) is 6. The molecule has 0 amide bonds. The van der Waals surface area contributed by atoms with E-state index >= 15 is 0 Å². The summed E-state index contributed by atoms with van der Waals surface area (Å²) in [6, 6.07) is 0. The molecule has 0 spiro atoms. The first-order chi connectivity index (χ1) is 62.8. The van der Waals surface area contributed by atoms with E-state index in [0.29, 0.717) is 102 Å². The maximum Gasteiger partial charge on any atom is 1.00 e. The molecule has 7 N–H and O–H groups in total. The Balaban J connectivity index is 0.000000186. The molecule has 12 saturated carbocycles. The summed E-state index contributed by atoms with van der Waals surface area (Å²) in [5, 5.41) is 27.2. The average molecular weight is 1880 g/mol. The molecule has 133 heavy (non-hydrogen) atoms. The number of nitrogens with one attached hydrogen (secondary N) is 3. The molecule has 0 aromatic rings. The van der Waals surface area contributed by atoms with Crippen LogP contribution in [0.4, 0.5) is 0 Å². The first-order valence-corrected chi connectivity index (χ1v) is 50.6. The number of rotatable bonds is 22. The largest absolute Gasteiger partial charge is 1.00 e. The van der Waals surface area contributed by atoms with Crippen molar-refractivity contribution >= 4 is 56.1 Å². The fourth-order valence-electron chi connectivity index (χ4n) is 29.0. The minimum atomic E-state index is -0.794. The van der Waals surface area contributed by atoms with Gasteiger partial charge < -0.3 is 96.8 Å². The van der Waals surface area contributed by atoms with Gasteiger partial charge in [0.2, 0.25) is 5.97 Å². The molecule has 4 unspecified atom stereocenters. The summed E-state index contributed by atoms with van der Waals surface area (Å²) in [5.74, 6) is 2.42.